The van der Waals surface area contributed by atoms with Gasteiger partial charge in [0.05, 0.1) is 32.3 Å². The second-order valence-electron chi connectivity index (χ2n) is 3.30. The van der Waals surface area contributed by atoms with Gasteiger partial charge in [0.25, 0.3) is 20.2 Å². The van der Waals surface area contributed by atoms with Crippen LogP contribution in [0, 0.1) is 5.92 Å². The summed E-state index contributed by atoms with van der Waals surface area (Å²) >= 11 is 0. The van der Waals surface area contributed by atoms with Gasteiger partial charge in [0.2, 0.25) is 0 Å². The molecule has 9 heteroatoms. The molecule has 0 unspecified atom stereocenters. The zero-order chi connectivity index (χ0) is 12.8. The van der Waals surface area contributed by atoms with Gasteiger partial charge in [-0.1, -0.05) is 0 Å². The molecule has 0 aromatic carbocycles. The Bertz CT molecular complexity index is 347. The van der Waals surface area contributed by atoms with Gasteiger partial charge in [-0.25, -0.2) is 0 Å². The number of hydrogen-bond donors (Lipinski definition) is 0. The Morgan fingerprint density at radius 3 is 1.50 bits per heavy atom. The number of hydrogen-bond acceptors (Lipinski definition) is 7. The summed E-state index contributed by atoms with van der Waals surface area (Å²) in [6, 6.07) is 0. The molecule has 0 N–H and O–H groups in total. The van der Waals surface area contributed by atoms with E-state index in [1.807, 2.05) is 0 Å². The summed E-state index contributed by atoms with van der Waals surface area (Å²) in [4.78, 5) is 0. The lowest BCUT2D eigenvalue weighted by Crippen LogP contribution is -2.24. The maximum Gasteiger partial charge on any atom is 0.264 e. The van der Waals surface area contributed by atoms with Gasteiger partial charge in [0, 0.05) is 13.0 Å². The fourth-order valence-corrected chi connectivity index (χ4v) is 1.70. The van der Waals surface area contributed by atoms with Gasteiger partial charge in [0.15, 0.2) is 0 Å². The van der Waals surface area contributed by atoms with Crippen LogP contribution in [0.2, 0.25) is 0 Å². The monoisotopic (exact) mass is 276 g/mol. The highest BCUT2D eigenvalue weighted by molar-refractivity contribution is 7.86. The standard InChI is InChI=1S/C7H16O7S2/c1-12-4-7(5-13-15(2,8)9)6-14-16(3,10)11/h7H,4-6H2,1-3H3. The summed E-state index contributed by atoms with van der Waals surface area (Å²) < 4.78 is 56.7. The van der Waals surface area contributed by atoms with Crippen LogP contribution in [0.3, 0.4) is 0 Å². The topological polar surface area (TPSA) is 96.0 Å². The van der Waals surface area contributed by atoms with Crippen LogP contribution < -0.4 is 0 Å². The van der Waals surface area contributed by atoms with Crippen molar-refractivity contribution in [2.24, 2.45) is 5.92 Å². The fraction of sp³-hybridized carbons (Fsp3) is 1.00. The first kappa shape index (κ1) is 15.8. The molecule has 7 nitrogen and oxygen atoms in total. The number of ether oxygens (including phenoxy) is 1. The van der Waals surface area contributed by atoms with Gasteiger partial charge in [-0.05, 0) is 0 Å². The van der Waals surface area contributed by atoms with Crippen LogP contribution in [-0.4, -0.2) is 56.3 Å². The van der Waals surface area contributed by atoms with E-state index in [4.69, 9.17) is 4.74 Å². The largest absolute Gasteiger partial charge is 0.384 e. The summed E-state index contributed by atoms with van der Waals surface area (Å²) in [5.41, 5.74) is 0. The zero-order valence-electron chi connectivity index (χ0n) is 9.37. The first-order valence-electron chi connectivity index (χ1n) is 4.32. The molecule has 0 rings (SSSR count). The second kappa shape index (κ2) is 6.50. The number of rotatable bonds is 8. The van der Waals surface area contributed by atoms with Gasteiger partial charge in [0.1, 0.15) is 0 Å². The molecule has 0 heterocycles. The van der Waals surface area contributed by atoms with E-state index in [-0.39, 0.29) is 19.8 Å². The van der Waals surface area contributed by atoms with Crippen molar-refractivity contribution in [2.45, 2.75) is 0 Å². The van der Waals surface area contributed by atoms with Crippen LogP contribution in [0.15, 0.2) is 0 Å². The minimum absolute atomic E-state index is 0.144. The highest BCUT2D eigenvalue weighted by atomic mass is 32.2. The molecule has 0 amide bonds. The van der Waals surface area contributed by atoms with Crippen molar-refractivity contribution in [3.05, 3.63) is 0 Å². The fourth-order valence-electron chi connectivity index (χ4n) is 0.820. The van der Waals surface area contributed by atoms with Gasteiger partial charge >= 0.3 is 0 Å². The van der Waals surface area contributed by atoms with Crippen LogP contribution in [0.4, 0.5) is 0 Å². The third-order valence-corrected chi connectivity index (χ3v) is 2.57. The van der Waals surface area contributed by atoms with Crippen LogP contribution in [-0.2, 0) is 33.3 Å². The Kier molecular flexibility index (Phi) is 6.41. The van der Waals surface area contributed by atoms with Crippen molar-refractivity contribution < 1.29 is 29.9 Å². The number of methoxy groups -OCH3 is 1. The smallest absolute Gasteiger partial charge is 0.264 e. The van der Waals surface area contributed by atoms with Crippen molar-refractivity contribution in [1.82, 2.24) is 0 Å². The summed E-state index contributed by atoms with van der Waals surface area (Å²) in [5, 5.41) is 0. The van der Waals surface area contributed by atoms with E-state index in [9.17, 15) is 16.8 Å². The van der Waals surface area contributed by atoms with Gasteiger partial charge in [-0.3, -0.25) is 8.37 Å². The molecule has 98 valence electrons. The van der Waals surface area contributed by atoms with E-state index in [1.54, 1.807) is 0 Å². The average Bonchev–Trinajstić information content (AvgIpc) is 2.07. The molecule has 0 aromatic heterocycles. The molecule has 0 aliphatic rings. The maximum atomic E-state index is 10.7. The lowest BCUT2D eigenvalue weighted by Gasteiger charge is -2.14. The van der Waals surface area contributed by atoms with Gasteiger partial charge in [-0.15, -0.1) is 0 Å². The summed E-state index contributed by atoms with van der Waals surface area (Å²) in [6.07, 6.45) is 1.82. The van der Waals surface area contributed by atoms with Crippen molar-refractivity contribution in [3.8, 4) is 0 Å². The van der Waals surface area contributed by atoms with E-state index in [2.05, 4.69) is 8.37 Å². The molecule has 0 atom stereocenters. The van der Waals surface area contributed by atoms with Crippen LogP contribution in [0.5, 0.6) is 0 Å². The molecule has 0 radical (unpaired) electrons. The Labute approximate surface area is 95.9 Å². The molecular weight excluding hydrogens is 260 g/mol. The van der Waals surface area contributed by atoms with Crippen molar-refractivity contribution in [2.75, 3.05) is 39.4 Å². The van der Waals surface area contributed by atoms with E-state index in [1.165, 1.54) is 7.11 Å². The Morgan fingerprint density at radius 1 is 0.875 bits per heavy atom. The van der Waals surface area contributed by atoms with E-state index < -0.39 is 26.2 Å². The second-order valence-corrected chi connectivity index (χ2v) is 6.59. The molecule has 0 bridgehead atoms. The molecule has 0 fully saturated rings. The first-order valence-corrected chi connectivity index (χ1v) is 7.95. The van der Waals surface area contributed by atoms with Crippen LogP contribution >= 0.6 is 0 Å². The molecule has 0 saturated heterocycles. The highest BCUT2D eigenvalue weighted by Crippen LogP contribution is 2.04. The Morgan fingerprint density at radius 2 is 1.25 bits per heavy atom. The SMILES string of the molecule is COCC(COS(C)(=O)=O)COS(C)(=O)=O. The van der Waals surface area contributed by atoms with Crippen molar-refractivity contribution in [3.63, 3.8) is 0 Å². The molecule has 0 aliphatic heterocycles. The van der Waals surface area contributed by atoms with E-state index in [0.29, 0.717) is 0 Å². The summed E-state index contributed by atoms with van der Waals surface area (Å²) in [6.45, 7) is -0.213. The zero-order valence-corrected chi connectivity index (χ0v) is 11.0. The summed E-state index contributed by atoms with van der Waals surface area (Å²) in [5.74, 6) is -0.463. The van der Waals surface area contributed by atoms with E-state index >= 15 is 0 Å². The molecule has 0 aliphatic carbocycles. The third-order valence-electron chi connectivity index (χ3n) is 1.44. The highest BCUT2D eigenvalue weighted by Gasteiger charge is 2.15. The summed E-state index contributed by atoms with van der Waals surface area (Å²) in [7, 11) is -5.69. The Hall–Kier alpha value is -0.220. The predicted octanol–water partition coefficient (Wildman–Crippen LogP) is -0.799. The Balaban J connectivity index is 4.18. The molecule has 16 heavy (non-hydrogen) atoms. The molecule has 0 saturated carbocycles. The third kappa shape index (κ3) is 10.3. The molecular formula is C7H16O7S2. The van der Waals surface area contributed by atoms with Crippen LogP contribution in [0.25, 0.3) is 0 Å². The molecule has 0 aromatic rings. The molecule has 0 spiro atoms. The lowest BCUT2D eigenvalue weighted by atomic mass is 10.2. The van der Waals surface area contributed by atoms with Crippen molar-refractivity contribution >= 4 is 20.2 Å². The average molecular weight is 276 g/mol. The van der Waals surface area contributed by atoms with E-state index in [0.717, 1.165) is 12.5 Å². The minimum atomic E-state index is -3.55. The van der Waals surface area contributed by atoms with Gasteiger partial charge < -0.3 is 4.74 Å². The quantitative estimate of drug-likeness (QED) is 0.535. The predicted molar refractivity (Wildman–Crippen MR) is 57.0 cm³/mol. The van der Waals surface area contributed by atoms with Gasteiger partial charge in [-0.2, -0.15) is 16.8 Å². The van der Waals surface area contributed by atoms with Crippen LogP contribution in [0.1, 0.15) is 0 Å². The van der Waals surface area contributed by atoms with Crippen molar-refractivity contribution in [1.29, 1.82) is 0 Å². The minimum Gasteiger partial charge on any atom is -0.384 e. The lowest BCUT2D eigenvalue weighted by molar-refractivity contribution is 0.0900. The maximum absolute atomic E-state index is 10.7. The normalized spacial score (nSPS) is 13.2. The first-order chi connectivity index (χ1) is 7.14.